The second kappa shape index (κ2) is 7.27. The van der Waals surface area contributed by atoms with Gasteiger partial charge in [0.2, 0.25) is 5.89 Å². The van der Waals surface area contributed by atoms with Crippen molar-refractivity contribution in [2.45, 2.75) is 13.0 Å². The molecule has 0 aliphatic carbocycles. The number of hydrogen-bond donors (Lipinski definition) is 0. The summed E-state index contributed by atoms with van der Waals surface area (Å²) >= 11 is 0. The molecule has 1 atom stereocenters. The summed E-state index contributed by atoms with van der Waals surface area (Å²) in [4.78, 5) is 24.9. The van der Waals surface area contributed by atoms with Crippen LogP contribution in [0, 0.1) is 5.82 Å². The highest BCUT2D eigenvalue weighted by molar-refractivity contribution is 6.02. The Kier molecular flexibility index (Phi) is 4.63. The maximum Gasteiger partial charge on any atom is 0.360 e. The molecule has 2 aromatic heterocycles. The van der Waals surface area contributed by atoms with Gasteiger partial charge in [-0.1, -0.05) is 18.2 Å². The quantitative estimate of drug-likeness (QED) is 0.491. The molecule has 0 fully saturated rings. The molecular formula is C20H15FN4O4. The monoisotopic (exact) mass is 394 g/mol. The van der Waals surface area contributed by atoms with Crippen molar-refractivity contribution in [2.24, 2.45) is 7.05 Å². The number of carbonyl (C=O) groups excluding carboxylic acids is 1. The normalized spacial score (nSPS) is 12.1. The third-order valence-electron chi connectivity index (χ3n) is 4.31. The molecule has 2 aromatic carbocycles. The van der Waals surface area contributed by atoms with Gasteiger partial charge in [0, 0.05) is 18.0 Å². The zero-order chi connectivity index (χ0) is 20.5. The van der Waals surface area contributed by atoms with Gasteiger partial charge in [0.25, 0.3) is 11.4 Å². The van der Waals surface area contributed by atoms with E-state index in [0.29, 0.717) is 16.3 Å². The van der Waals surface area contributed by atoms with Gasteiger partial charge in [0.05, 0.1) is 5.39 Å². The lowest BCUT2D eigenvalue weighted by Gasteiger charge is -2.11. The summed E-state index contributed by atoms with van der Waals surface area (Å²) in [5.41, 5.74) is 0.230. The number of ether oxygens (including phenoxy) is 1. The first-order chi connectivity index (χ1) is 13.9. The average molecular weight is 394 g/mol. The summed E-state index contributed by atoms with van der Waals surface area (Å²) in [5.74, 6) is -0.862. The minimum absolute atomic E-state index is 0.00724. The summed E-state index contributed by atoms with van der Waals surface area (Å²) in [5, 5.41) is 12.6. The van der Waals surface area contributed by atoms with E-state index in [1.165, 1.54) is 31.3 Å². The lowest BCUT2D eigenvalue weighted by atomic mass is 10.1. The Bertz CT molecular complexity index is 1260. The number of rotatable bonds is 4. The summed E-state index contributed by atoms with van der Waals surface area (Å²) in [6.07, 6.45) is -0.859. The van der Waals surface area contributed by atoms with Crippen LogP contribution >= 0.6 is 0 Å². The third-order valence-corrected chi connectivity index (χ3v) is 4.31. The Labute approximate surface area is 163 Å². The molecule has 8 nitrogen and oxygen atoms in total. The molecule has 29 heavy (non-hydrogen) atoms. The minimum Gasteiger partial charge on any atom is -0.448 e. The number of aromatic nitrogens is 4. The van der Waals surface area contributed by atoms with E-state index in [-0.39, 0.29) is 28.9 Å². The van der Waals surface area contributed by atoms with Crippen LogP contribution in [-0.4, -0.2) is 25.9 Å². The van der Waals surface area contributed by atoms with Gasteiger partial charge in [-0.3, -0.25) is 4.79 Å². The highest BCUT2D eigenvalue weighted by Crippen LogP contribution is 2.24. The topological polar surface area (TPSA) is 100 Å². The molecule has 2 heterocycles. The summed E-state index contributed by atoms with van der Waals surface area (Å²) < 4.78 is 25.1. The van der Waals surface area contributed by atoms with Crippen molar-refractivity contribution in [1.82, 2.24) is 20.0 Å². The van der Waals surface area contributed by atoms with E-state index in [0.717, 1.165) is 4.68 Å². The zero-order valence-corrected chi connectivity index (χ0v) is 15.5. The first kappa shape index (κ1) is 18.5. The minimum atomic E-state index is -0.859. The molecule has 4 aromatic rings. The fourth-order valence-corrected chi connectivity index (χ4v) is 2.83. The molecule has 0 aliphatic rings. The van der Waals surface area contributed by atoms with Gasteiger partial charge in [-0.05, 0) is 37.3 Å². The van der Waals surface area contributed by atoms with Gasteiger partial charge in [0.1, 0.15) is 5.82 Å². The molecule has 0 spiro atoms. The van der Waals surface area contributed by atoms with E-state index in [1.54, 1.807) is 31.2 Å². The number of nitrogens with zero attached hydrogens (tertiary/aromatic N) is 4. The van der Waals surface area contributed by atoms with Crippen LogP contribution < -0.4 is 5.56 Å². The number of fused-ring (bicyclic) bond motifs is 1. The van der Waals surface area contributed by atoms with Crippen LogP contribution in [0.2, 0.25) is 0 Å². The number of aryl methyl sites for hydroxylation is 1. The molecule has 0 aliphatic heterocycles. The van der Waals surface area contributed by atoms with Crippen molar-refractivity contribution in [2.75, 3.05) is 0 Å². The predicted octanol–water partition coefficient (Wildman–Crippen LogP) is 3.04. The van der Waals surface area contributed by atoms with Crippen LogP contribution in [0.1, 0.15) is 29.4 Å². The molecule has 9 heteroatoms. The number of halogens is 1. The predicted molar refractivity (Wildman–Crippen MR) is 101 cm³/mol. The molecule has 146 valence electrons. The Morgan fingerprint density at radius 3 is 2.52 bits per heavy atom. The van der Waals surface area contributed by atoms with Crippen molar-refractivity contribution < 1.29 is 18.3 Å². The van der Waals surface area contributed by atoms with E-state index in [1.807, 2.05) is 0 Å². The molecule has 0 saturated carbocycles. The third kappa shape index (κ3) is 3.49. The first-order valence-corrected chi connectivity index (χ1v) is 8.70. The molecule has 0 radical (unpaired) electrons. The maximum atomic E-state index is 13.1. The van der Waals surface area contributed by atoms with E-state index in [4.69, 9.17) is 9.15 Å². The smallest absolute Gasteiger partial charge is 0.360 e. The van der Waals surface area contributed by atoms with Crippen LogP contribution in [0.4, 0.5) is 4.39 Å². The first-order valence-electron chi connectivity index (χ1n) is 8.70. The molecule has 0 bridgehead atoms. The molecule has 0 N–H and O–H groups in total. The summed E-state index contributed by atoms with van der Waals surface area (Å²) in [7, 11) is 1.46. The fraction of sp³-hybridized carbons (Fsp3) is 0.150. The number of carbonyl (C=O) groups is 1. The van der Waals surface area contributed by atoms with E-state index in [2.05, 4.69) is 15.3 Å². The van der Waals surface area contributed by atoms with Crippen LogP contribution in [-0.2, 0) is 11.8 Å². The maximum absolute atomic E-state index is 13.1. The van der Waals surface area contributed by atoms with Crippen LogP contribution in [0.15, 0.2) is 57.7 Å². The van der Waals surface area contributed by atoms with Crippen LogP contribution in [0.3, 0.4) is 0 Å². The molecule has 0 saturated heterocycles. The Morgan fingerprint density at radius 2 is 1.79 bits per heavy atom. The van der Waals surface area contributed by atoms with Gasteiger partial charge in [0.15, 0.2) is 11.8 Å². The Morgan fingerprint density at radius 1 is 1.10 bits per heavy atom. The van der Waals surface area contributed by atoms with Crippen LogP contribution in [0.25, 0.3) is 22.2 Å². The van der Waals surface area contributed by atoms with E-state index >= 15 is 0 Å². The molecule has 4 rings (SSSR count). The van der Waals surface area contributed by atoms with Crippen molar-refractivity contribution >= 4 is 16.7 Å². The molecule has 0 unspecified atom stereocenters. The lowest BCUT2D eigenvalue weighted by molar-refractivity contribution is 0.0273. The van der Waals surface area contributed by atoms with Gasteiger partial charge in [-0.25, -0.2) is 13.9 Å². The van der Waals surface area contributed by atoms with Gasteiger partial charge in [-0.2, -0.15) is 5.10 Å². The fourth-order valence-electron chi connectivity index (χ4n) is 2.83. The van der Waals surface area contributed by atoms with E-state index < -0.39 is 12.1 Å². The van der Waals surface area contributed by atoms with Gasteiger partial charge >= 0.3 is 5.97 Å². The highest BCUT2D eigenvalue weighted by atomic mass is 19.1. The van der Waals surface area contributed by atoms with Gasteiger partial charge < -0.3 is 9.15 Å². The highest BCUT2D eigenvalue weighted by Gasteiger charge is 2.23. The summed E-state index contributed by atoms with van der Waals surface area (Å²) in [6, 6.07) is 12.2. The van der Waals surface area contributed by atoms with Crippen molar-refractivity contribution in [3.63, 3.8) is 0 Å². The van der Waals surface area contributed by atoms with Gasteiger partial charge in [-0.15, -0.1) is 10.2 Å². The van der Waals surface area contributed by atoms with E-state index in [9.17, 15) is 14.0 Å². The van der Waals surface area contributed by atoms with Crippen molar-refractivity contribution in [3.05, 3.63) is 76.3 Å². The second-order valence-corrected chi connectivity index (χ2v) is 6.32. The number of esters is 1. The lowest BCUT2D eigenvalue weighted by Crippen LogP contribution is -2.24. The SMILES string of the molecule is C[C@H](OC(=O)c1nn(C)c(=O)c2ccccc12)c1nnc(-c2ccc(F)cc2)o1. The molecule has 0 amide bonds. The summed E-state index contributed by atoms with van der Waals surface area (Å²) in [6.45, 7) is 1.57. The average Bonchev–Trinajstić information content (AvgIpc) is 3.21. The number of benzene rings is 2. The standard InChI is InChI=1S/C20H15FN4O4/c1-11(17-22-23-18(29-17)12-7-9-13(21)10-8-12)28-20(27)16-14-5-3-4-6-15(14)19(26)25(2)24-16/h3-11H,1-2H3/t11-/m0/s1. The van der Waals surface area contributed by atoms with Crippen molar-refractivity contribution in [3.8, 4) is 11.5 Å². The Hall–Kier alpha value is -3.88. The Balaban J connectivity index is 1.60. The van der Waals surface area contributed by atoms with Crippen molar-refractivity contribution in [1.29, 1.82) is 0 Å². The second-order valence-electron chi connectivity index (χ2n) is 6.32. The van der Waals surface area contributed by atoms with Crippen LogP contribution in [0.5, 0.6) is 0 Å². The zero-order valence-electron chi connectivity index (χ0n) is 15.5. The molecular weight excluding hydrogens is 379 g/mol. The largest absolute Gasteiger partial charge is 0.448 e. The number of hydrogen-bond acceptors (Lipinski definition) is 7.